The molecule has 5 nitrogen and oxygen atoms in total. The van der Waals surface area contributed by atoms with Gasteiger partial charge >= 0.3 is 0 Å². The lowest BCUT2D eigenvalue weighted by molar-refractivity contribution is 1.29. The van der Waals surface area contributed by atoms with Gasteiger partial charge in [-0.1, -0.05) is 94.9 Å². The van der Waals surface area contributed by atoms with Crippen molar-refractivity contribution in [2.45, 2.75) is 0 Å². The van der Waals surface area contributed by atoms with Crippen LogP contribution >= 0.6 is 46.4 Å². The zero-order valence-electron chi connectivity index (χ0n) is 27.8. The Morgan fingerprint density at radius 2 is 0.698 bits per heavy atom. The van der Waals surface area contributed by atoms with Crippen LogP contribution in [0.4, 0.5) is 0 Å². The highest BCUT2D eigenvalue weighted by Gasteiger charge is 2.21. The van der Waals surface area contributed by atoms with Crippen LogP contribution in [0.25, 0.3) is 90.5 Å². The molecule has 4 N–H and O–H groups in total. The first-order valence-electron chi connectivity index (χ1n) is 16.8. The summed E-state index contributed by atoms with van der Waals surface area (Å²) >= 11 is 25.5. The monoisotopic (exact) mass is 765 g/mol. The summed E-state index contributed by atoms with van der Waals surface area (Å²) in [5.74, 6) is 0. The van der Waals surface area contributed by atoms with E-state index in [2.05, 4.69) is 46.4 Å². The molecule has 0 unspecified atom stereocenters. The van der Waals surface area contributed by atoms with E-state index in [0.29, 0.717) is 37.2 Å². The van der Waals surface area contributed by atoms with E-state index < -0.39 is 0 Å². The zero-order chi connectivity index (χ0) is 36.2. The van der Waals surface area contributed by atoms with Gasteiger partial charge in [0.15, 0.2) is 0 Å². The molecule has 0 saturated carbocycles. The van der Waals surface area contributed by atoms with Crippen molar-refractivity contribution in [3.05, 3.63) is 164 Å². The van der Waals surface area contributed by atoms with Crippen molar-refractivity contribution in [2.24, 2.45) is 5.73 Å². The summed E-state index contributed by atoms with van der Waals surface area (Å²) in [6.07, 6.45) is 6.03. The maximum Gasteiger partial charge on any atom is 0.0966 e. The quantitative estimate of drug-likeness (QED) is 0.167. The number of rotatable bonds is 4. The van der Waals surface area contributed by atoms with E-state index in [1.807, 2.05) is 103 Å². The largest absolute Gasteiger partial charge is 0.397 e. The van der Waals surface area contributed by atoms with Crippen LogP contribution in [0.2, 0.25) is 20.1 Å². The third-order valence-electron chi connectivity index (χ3n) is 9.42. The first-order valence-corrected chi connectivity index (χ1v) is 18.3. The molecule has 0 spiro atoms. The predicted molar refractivity (Wildman–Crippen MR) is 224 cm³/mol. The number of nitrogens with one attached hydrogen (secondary N) is 2. The fraction of sp³-hybridized carbons (Fsp3) is 0. The van der Waals surface area contributed by atoms with Gasteiger partial charge in [-0.25, -0.2) is 9.97 Å². The van der Waals surface area contributed by atoms with Gasteiger partial charge in [0.2, 0.25) is 0 Å². The second-order valence-corrected chi connectivity index (χ2v) is 14.5. The number of H-pyrrole nitrogens is 2. The molecule has 4 aromatic carbocycles. The highest BCUT2D eigenvalue weighted by Crippen LogP contribution is 2.40. The third kappa shape index (κ3) is 6.22. The van der Waals surface area contributed by atoms with Gasteiger partial charge in [0.05, 0.1) is 28.5 Å². The molecule has 9 heteroatoms. The minimum atomic E-state index is 0.529. The van der Waals surface area contributed by atoms with Crippen molar-refractivity contribution in [1.29, 1.82) is 0 Å². The van der Waals surface area contributed by atoms with Crippen molar-refractivity contribution < 1.29 is 0 Å². The normalized spacial score (nSPS) is 12.3. The van der Waals surface area contributed by atoms with Crippen LogP contribution in [0.3, 0.4) is 0 Å². The Labute approximate surface area is 325 Å². The highest BCUT2D eigenvalue weighted by atomic mass is 35.5. The molecule has 0 radical (unpaired) electrons. The van der Waals surface area contributed by atoms with E-state index in [1.165, 1.54) is 0 Å². The first kappa shape index (κ1) is 33.3. The number of nitrogens with zero attached hydrogens (tertiary/aromatic N) is 2. The number of aromatic nitrogens is 4. The minimum absolute atomic E-state index is 0.529. The Hall–Kier alpha value is -5.56. The van der Waals surface area contributed by atoms with Gasteiger partial charge in [-0.3, -0.25) is 0 Å². The molecule has 8 bridgehead atoms. The molecule has 2 aliphatic heterocycles. The van der Waals surface area contributed by atoms with Gasteiger partial charge < -0.3 is 15.7 Å². The van der Waals surface area contributed by atoms with Crippen molar-refractivity contribution >= 4 is 92.4 Å². The molecule has 7 aromatic rings. The van der Waals surface area contributed by atoms with Crippen molar-refractivity contribution in [3.63, 3.8) is 0 Å². The maximum atomic E-state index is 6.93. The maximum absolute atomic E-state index is 6.93. The molecule has 0 saturated heterocycles. The fourth-order valence-electron chi connectivity index (χ4n) is 6.99. The molecule has 256 valence electrons. The minimum Gasteiger partial charge on any atom is -0.397 e. The lowest BCUT2D eigenvalue weighted by atomic mass is 10.0. The smallest absolute Gasteiger partial charge is 0.0966 e. The lowest BCUT2D eigenvalue weighted by Gasteiger charge is -2.08. The van der Waals surface area contributed by atoms with E-state index >= 15 is 0 Å². The zero-order valence-corrected chi connectivity index (χ0v) is 30.8. The van der Waals surface area contributed by atoms with Crippen LogP contribution in [-0.4, -0.2) is 19.9 Å². The molecule has 5 heterocycles. The molecular weight excluding hydrogens is 740 g/mol. The third-order valence-corrected chi connectivity index (χ3v) is 10.4. The van der Waals surface area contributed by atoms with Crippen LogP contribution in [0.1, 0.15) is 22.8 Å². The van der Waals surface area contributed by atoms with Gasteiger partial charge in [0, 0.05) is 64.4 Å². The van der Waals surface area contributed by atoms with E-state index in [-0.39, 0.29) is 0 Å². The van der Waals surface area contributed by atoms with Crippen LogP contribution in [0.5, 0.6) is 0 Å². The molecule has 0 fully saturated rings. The Morgan fingerprint density at radius 1 is 0.377 bits per heavy atom. The van der Waals surface area contributed by atoms with Crippen molar-refractivity contribution in [2.75, 3.05) is 0 Å². The molecule has 0 atom stereocenters. The van der Waals surface area contributed by atoms with E-state index in [4.69, 9.17) is 62.1 Å². The topological polar surface area (TPSA) is 83.4 Å². The first-order chi connectivity index (χ1) is 25.8. The average Bonchev–Trinajstić information content (AvgIpc) is 3.99. The number of hydrogen-bond acceptors (Lipinski definition) is 3. The van der Waals surface area contributed by atoms with E-state index in [9.17, 15) is 0 Å². The van der Waals surface area contributed by atoms with Gasteiger partial charge in [-0.05, 0) is 113 Å². The van der Waals surface area contributed by atoms with Crippen molar-refractivity contribution in [1.82, 2.24) is 19.9 Å². The van der Waals surface area contributed by atoms with Crippen molar-refractivity contribution in [3.8, 4) is 44.5 Å². The Kier molecular flexibility index (Phi) is 8.45. The number of fused-ring (bicyclic) bond motifs is 8. The van der Waals surface area contributed by atoms with Crippen LogP contribution in [-0.2, 0) is 0 Å². The number of nitrogens with two attached hydrogens (primary N) is 1. The fourth-order valence-corrected chi connectivity index (χ4v) is 7.49. The second kappa shape index (κ2) is 13.4. The number of hydrogen-bond donors (Lipinski definition) is 3. The highest BCUT2D eigenvalue weighted by molar-refractivity contribution is 6.31. The lowest BCUT2D eigenvalue weighted by Crippen LogP contribution is -1.96. The van der Waals surface area contributed by atoms with Crippen LogP contribution in [0, 0.1) is 0 Å². The summed E-state index contributed by atoms with van der Waals surface area (Å²) in [5, 5.41) is 2.56. The number of aromatic amines is 2. The molecule has 2 aliphatic rings. The standard InChI is InChI=1S/C44H27Cl4N5/c45-28-9-1-24(2-10-28)40-33-17-18-34(50-33)41(25-3-11-29(46)12-4-25)36-21-22-38(52-36)43(27-7-15-31(48)16-8-27)44-32(49)23-39(53-44)42(37-20-19-35(40)51-37)26-5-13-30(47)14-6-26/h1-23,51-52H,49H2. The van der Waals surface area contributed by atoms with Gasteiger partial charge in [-0.2, -0.15) is 0 Å². The summed E-state index contributed by atoms with van der Waals surface area (Å²) in [6.45, 7) is 0. The average molecular weight is 768 g/mol. The second-order valence-electron chi connectivity index (χ2n) is 12.8. The number of benzene rings is 4. The molecule has 0 amide bonds. The Morgan fingerprint density at radius 3 is 1.08 bits per heavy atom. The molecule has 0 aliphatic carbocycles. The Bertz CT molecular complexity index is 2800. The van der Waals surface area contributed by atoms with Gasteiger partial charge in [0.1, 0.15) is 0 Å². The van der Waals surface area contributed by atoms with E-state index in [1.54, 1.807) is 0 Å². The number of halogens is 4. The van der Waals surface area contributed by atoms with Gasteiger partial charge in [0.25, 0.3) is 0 Å². The summed E-state index contributed by atoms with van der Waals surface area (Å²) < 4.78 is 0. The summed E-state index contributed by atoms with van der Waals surface area (Å²) in [4.78, 5) is 18.1. The molecule has 3 aromatic heterocycles. The predicted octanol–water partition coefficient (Wildman–Crippen LogP) is 13.2. The van der Waals surface area contributed by atoms with Gasteiger partial charge in [-0.15, -0.1) is 0 Å². The SMILES string of the molecule is NC1=Cc2nc1c(-c1ccc(Cl)cc1)c1ccc([nH]1)c(-c1ccc(Cl)cc1)c1nc(c(-c3ccc(Cl)cc3)c3ccc([nH]3)c2-c2ccc(Cl)cc2)C=C1. The van der Waals surface area contributed by atoms with Crippen LogP contribution < -0.4 is 5.73 Å². The molecule has 9 rings (SSSR count). The summed E-state index contributed by atoms with van der Waals surface area (Å²) in [7, 11) is 0. The summed E-state index contributed by atoms with van der Waals surface area (Å²) in [5.41, 5.74) is 21.0. The molecule has 53 heavy (non-hydrogen) atoms. The molecular formula is C44H27Cl4N5. The Balaban J connectivity index is 1.49. The summed E-state index contributed by atoms with van der Waals surface area (Å²) in [6, 6.07) is 39.3. The van der Waals surface area contributed by atoms with E-state index in [0.717, 1.165) is 78.0 Å². The van der Waals surface area contributed by atoms with Crippen LogP contribution in [0.15, 0.2) is 121 Å².